The summed E-state index contributed by atoms with van der Waals surface area (Å²) in [5.74, 6) is 0.970. The Labute approximate surface area is 97.9 Å². The van der Waals surface area contributed by atoms with Crippen LogP contribution in [0, 0.1) is 0 Å². The number of phenols is 1. The maximum absolute atomic E-state index is 11.9. The lowest BCUT2D eigenvalue weighted by molar-refractivity contribution is 0.0969. The van der Waals surface area contributed by atoms with Gasteiger partial charge in [0.05, 0.1) is 5.56 Å². The number of rotatable bonds is 1. The third-order valence-electron chi connectivity index (χ3n) is 2.99. The minimum Gasteiger partial charge on any atom is -0.508 e. The van der Waals surface area contributed by atoms with E-state index in [4.69, 9.17) is 4.52 Å². The molecule has 1 heterocycles. The number of phenolic OH excluding ortho intramolecular Hbond substituents is 1. The summed E-state index contributed by atoms with van der Waals surface area (Å²) in [6.07, 6.45) is 2.15. The molecule has 0 fully saturated rings. The van der Waals surface area contributed by atoms with E-state index in [0.29, 0.717) is 23.4 Å². The molecular formula is C13H11NO3. The Bertz CT molecular complexity index is 569. The number of carbonyl (C=O) groups excluding carboxylic acids is 1. The first-order valence-corrected chi connectivity index (χ1v) is 5.57. The molecule has 1 aromatic carbocycles. The van der Waals surface area contributed by atoms with Crippen molar-refractivity contribution >= 4 is 5.78 Å². The van der Waals surface area contributed by atoms with Gasteiger partial charge in [0.15, 0.2) is 5.78 Å². The van der Waals surface area contributed by atoms with Crippen LogP contribution in [0.2, 0.25) is 0 Å². The molecule has 1 aliphatic rings. The summed E-state index contributed by atoms with van der Waals surface area (Å²) in [6, 6.07) is 6.61. The molecule has 1 N–H and O–H groups in total. The fourth-order valence-electron chi connectivity index (χ4n) is 2.13. The Balaban J connectivity index is 2.12. The van der Waals surface area contributed by atoms with Gasteiger partial charge in [0.25, 0.3) is 0 Å². The first kappa shape index (κ1) is 10.1. The Morgan fingerprint density at radius 2 is 1.94 bits per heavy atom. The number of Topliss-reactive ketones (excluding diaryl/α,β-unsaturated/α-hetero) is 1. The van der Waals surface area contributed by atoms with Crippen LogP contribution in [0.25, 0.3) is 11.3 Å². The molecule has 0 aliphatic heterocycles. The molecule has 4 heteroatoms. The van der Waals surface area contributed by atoms with E-state index in [1.165, 1.54) is 0 Å². The highest BCUT2D eigenvalue weighted by molar-refractivity contribution is 6.03. The van der Waals surface area contributed by atoms with Crippen LogP contribution in [0.3, 0.4) is 0 Å². The van der Waals surface area contributed by atoms with Crippen molar-refractivity contribution in [1.82, 2.24) is 5.16 Å². The number of aromatic hydroxyl groups is 1. The summed E-state index contributed by atoms with van der Waals surface area (Å²) < 4.78 is 5.21. The highest BCUT2D eigenvalue weighted by Crippen LogP contribution is 2.31. The molecule has 1 aromatic heterocycles. The molecule has 0 spiro atoms. The maximum Gasteiger partial charge on any atom is 0.168 e. The molecule has 1 aliphatic carbocycles. The summed E-state index contributed by atoms with van der Waals surface area (Å²) in [6.45, 7) is 0. The number of aromatic nitrogens is 1. The lowest BCUT2D eigenvalue weighted by Crippen LogP contribution is -2.09. The number of ketones is 1. The van der Waals surface area contributed by atoms with E-state index in [-0.39, 0.29) is 11.5 Å². The molecule has 3 rings (SSSR count). The molecule has 0 saturated carbocycles. The van der Waals surface area contributed by atoms with E-state index >= 15 is 0 Å². The molecule has 4 nitrogen and oxygen atoms in total. The van der Waals surface area contributed by atoms with Crippen LogP contribution in [0.5, 0.6) is 5.75 Å². The molecule has 86 valence electrons. The van der Waals surface area contributed by atoms with Gasteiger partial charge in [-0.2, -0.15) is 0 Å². The van der Waals surface area contributed by atoms with E-state index in [2.05, 4.69) is 5.16 Å². The van der Waals surface area contributed by atoms with Crippen molar-refractivity contribution in [3.05, 3.63) is 35.6 Å². The van der Waals surface area contributed by atoms with E-state index < -0.39 is 0 Å². The summed E-state index contributed by atoms with van der Waals surface area (Å²) >= 11 is 0. The van der Waals surface area contributed by atoms with Crippen molar-refractivity contribution in [2.24, 2.45) is 0 Å². The van der Waals surface area contributed by atoms with Gasteiger partial charge in [-0.05, 0) is 30.7 Å². The van der Waals surface area contributed by atoms with Gasteiger partial charge in [0.2, 0.25) is 0 Å². The van der Waals surface area contributed by atoms with Gasteiger partial charge >= 0.3 is 0 Å². The first-order valence-electron chi connectivity index (χ1n) is 5.57. The van der Waals surface area contributed by atoms with Crippen LogP contribution in [-0.2, 0) is 6.42 Å². The van der Waals surface area contributed by atoms with Crippen molar-refractivity contribution in [1.29, 1.82) is 0 Å². The zero-order chi connectivity index (χ0) is 11.8. The fraction of sp³-hybridized carbons (Fsp3) is 0.231. The Kier molecular flexibility index (Phi) is 2.21. The minimum absolute atomic E-state index is 0.0931. The van der Waals surface area contributed by atoms with Gasteiger partial charge in [-0.25, -0.2) is 0 Å². The topological polar surface area (TPSA) is 63.3 Å². The summed E-state index contributed by atoms with van der Waals surface area (Å²) in [5, 5.41) is 13.2. The Hall–Kier alpha value is -2.10. The zero-order valence-electron chi connectivity index (χ0n) is 9.14. The normalized spacial score (nSPS) is 14.7. The highest BCUT2D eigenvalue weighted by atomic mass is 16.5. The second-order valence-electron chi connectivity index (χ2n) is 4.15. The number of benzene rings is 1. The number of hydrogen-bond donors (Lipinski definition) is 1. The van der Waals surface area contributed by atoms with Crippen LogP contribution in [0.4, 0.5) is 0 Å². The first-order chi connectivity index (χ1) is 8.25. The van der Waals surface area contributed by atoms with Gasteiger partial charge in [-0.3, -0.25) is 4.79 Å². The quantitative estimate of drug-likeness (QED) is 0.816. The third-order valence-corrected chi connectivity index (χ3v) is 2.99. The average molecular weight is 229 g/mol. The van der Waals surface area contributed by atoms with Gasteiger partial charge in [-0.15, -0.1) is 0 Å². The van der Waals surface area contributed by atoms with Crippen LogP contribution < -0.4 is 0 Å². The van der Waals surface area contributed by atoms with Gasteiger partial charge in [0, 0.05) is 18.4 Å². The predicted octanol–water partition coefficient (Wildman–Crippen LogP) is 2.57. The molecule has 0 atom stereocenters. The van der Waals surface area contributed by atoms with E-state index in [1.807, 2.05) is 0 Å². The van der Waals surface area contributed by atoms with Crippen LogP contribution in [0.15, 0.2) is 28.8 Å². The summed E-state index contributed by atoms with van der Waals surface area (Å²) in [4.78, 5) is 11.9. The molecular weight excluding hydrogens is 218 g/mol. The van der Waals surface area contributed by atoms with Crippen LogP contribution in [-0.4, -0.2) is 16.0 Å². The summed E-state index contributed by atoms with van der Waals surface area (Å²) in [5.41, 5.74) is 2.00. The van der Waals surface area contributed by atoms with Crippen LogP contribution in [0.1, 0.15) is 29.0 Å². The van der Waals surface area contributed by atoms with Gasteiger partial charge < -0.3 is 9.63 Å². The van der Waals surface area contributed by atoms with Crippen molar-refractivity contribution in [2.45, 2.75) is 19.3 Å². The van der Waals surface area contributed by atoms with Crippen LogP contribution >= 0.6 is 0 Å². The molecule has 2 aromatic rings. The van der Waals surface area contributed by atoms with Gasteiger partial charge in [-0.1, -0.05) is 5.16 Å². The molecule has 0 amide bonds. The number of fused-ring (bicyclic) bond motifs is 1. The van der Waals surface area contributed by atoms with Gasteiger partial charge in [0.1, 0.15) is 17.2 Å². The molecule has 0 radical (unpaired) electrons. The van der Waals surface area contributed by atoms with Crippen molar-refractivity contribution < 1.29 is 14.4 Å². The zero-order valence-corrected chi connectivity index (χ0v) is 9.14. The standard InChI is InChI=1S/C13H11NO3/c15-9-6-4-8(5-7-9)13-12-10(16)2-1-3-11(12)17-14-13/h4-7,15H,1-3H2. The lowest BCUT2D eigenvalue weighted by atomic mass is 9.93. The molecule has 0 unspecified atom stereocenters. The second-order valence-corrected chi connectivity index (χ2v) is 4.15. The van der Waals surface area contributed by atoms with Crippen molar-refractivity contribution in [3.8, 4) is 17.0 Å². The largest absolute Gasteiger partial charge is 0.508 e. The minimum atomic E-state index is 0.0931. The smallest absolute Gasteiger partial charge is 0.168 e. The molecule has 17 heavy (non-hydrogen) atoms. The third kappa shape index (κ3) is 1.62. The fourth-order valence-corrected chi connectivity index (χ4v) is 2.13. The van der Waals surface area contributed by atoms with E-state index in [1.54, 1.807) is 24.3 Å². The van der Waals surface area contributed by atoms with Crippen molar-refractivity contribution in [2.75, 3.05) is 0 Å². The predicted molar refractivity (Wildman–Crippen MR) is 60.9 cm³/mol. The molecule has 0 saturated heterocycles. The van der Waals surface area contributed by atoms with Crippen molar-refractivity contribution in [3.63, 3.8) is 0 Å². The summed E-state index contributed by atoms with van der Waals surface area (Å²) in [7, 11) is 0. The van der Waals surface area contributed by atoms with E-state index in [9.17, 15) is 9.90 Å². The highest BCUT2D eigenvalue weighted by Gasteiger charge is 2.26. The SMILES string of the molecule is O=C1CCCc2onc(-c3ccc(O)cc3)c21. The van der Waals surface area contributed by atoms with E-state index in [0.717, 1.165) is 18.4 Å². The number of aryl methyl sites for hydroxylation is 1. The molecule has 0 bridgehead atoms. The second kappa shape index (κ2) is 3.73. The Morgan fingerprint density at radius 1 is 1.18 bits per heavy atom. The number of nitrogens with zero attached hydrogens (tertiary/aromatic N) is 1. The Morgan fingerprint density at radius 3 is 2.71 bits per heavy atom. The number of hydrogen-bond acceptors (Lipinski definition) is 4. The number of carbonyl (C=O) groups is 1. The average Bonchev–Trinajstić information content (AvgIpc) is 2.75. The maximum atomic E-state index is 11.9. The lowest BCUT2D eigenvalue weighted by Gasteiger charge is -2.08. The monoisotopic (exact) mass is 229 g/mol.